The monoisotopic (exact) mass is 667 g/mol. The second-order valence-corrected chi connectivity index (χ2v) is 13.3. The molecule has 0 N–H and O–H groups in total. The second kappa shape index (κ2) is 12.2. The maximum atomic E-state index is 6.47. The fraction of sp³-hybridized carbons (Fsp3) is 0.0204. The van der Waals surface area contributed by atoms with Crippen molar-refractivity contribution < 1.29 is 9.47 Å². The molecule has 1 aliphatic heterocycles. The highest BCUT2D eigenvalue weighted by Gasteiger charge is 2.46. The Balaban J connectivity index is 1.23. The van der Waals surface area contributed by atoms with E-state index in [9.17, 15) is 0 Å². The lowest BCUT2D eigenvalue weighted by atomic mass is 9.67. The predicted octanol–water partition coefficient (Wildman–Crippen LogP) is 13.1. The highest BCUT2D eigenvalue weighted by Crippen LogP contribution is 2.58. The SMILES string of the molecule is c1ccc(-c2ccccc2N(c2ccc3c(c2)Oc2ccccc2O3)c2ccc3c(c2)C(c2ccccc2)(c2ccccc2)c2ccccc2-3)cc1. The molecule has 0 saturated carbocycles. The van der Waals surface area contributed by atoms with Crippen LogP contribution in [0.5, 0.6) is 23.0 Å². The fourth-order valence-electron chi connectivity index (χ4n) is 8.18. The Labute approximate surface area is 303 Å². The minimum absolute atomic E-state index is 0.522. The first-order valence-corrected chi connectivity index (χ1v) is 17.7. The van der Waals surface area contributed by atoms with Crippen LogP contribution >= 0.6 is 0 Å². The number of fused-ring (bicyclic) bond motifs is 5. The molecule has 0 radical (unpaired) electrons. The predicted molar refractivity (Wildman–Crippen MR) is 210 cm³/mol. The Morgan fingerprint density at radius 1 is 0.346 bits per heavy atom. The molecule has 0 amide bonds. The minimum atomic E-state index is -0.522. The van der Waals surface area contributed by atoms with Gasteiger partial charge >= 0.3 is 0 Å². The van der Waals surface area contributed by atoms with E-state index in [4.69, 9.17) is 9.47 Å². The quantitative estimate of drug-likeness (QED) is 0.176. The lowest BCUT2D eigenvalue weighted by Crippen LogP contribution is -2.28. The highest BCUT2D eigenvalue weighted by molar-refractivity contribution is 5.92. The Morgan fingerprint density at radius 3 is 1.56 bits per heavy atom. The van der Waals surface area contributed by atoms with Crippen molar-refractivity contribution in [3.63, 3.8) is 0 Å². The fourth-order valence-corrected chi connectivity index (χ4v) is 8.18. The van der Waals surface area contributed by atoms with Gasteiger partial charge in [-0.25, -0.2) is 0 Å². The topological polar surface area (TPSA) is 21.7 Å². The third-order valence-electron chi connectivity index (χ3n) is 10.4. The largest absolute Gasteiger partial charge is 0.450 e. The van der Waals surface area contributed by atoms with E-state index in [1.165, 1.54) is 33.4 Å². The average Bonchev–Trinajstić information content (AvgIpc) is 3.52. The Hall–Kier alpha value is -6.84. The summed E-state index contributed by atoms with van der Waals surface area (Å²) in [4.78, 5) is 2.36. The summed E-state index contributed by atoms with van der Waals surface area (Å²) in [5, 5.41) is 0. The zero-order valence-corrected chi connectivity index (χ0v) is 28.3. The molecule has 0 saturated heterocycles. The van der Waals surface area contributed by atoms with Gasteiger partial charge < -0.3 is 14.4 Å². The maximum Gasteiger partial charge on any atom is 0.172 e. The highest BCUT2D eigenvalue weighted by atomic mass is 16.6. The number of hydrogen-bond acceptors (Lipinski definition) is 3. The molecule has 3 heteroatoms. The molecule has 1 aliphatic carbocycles. The van der Waals surface area contributed by atoms with Crippen LogP contribution in [0.3, 0.4) is 0 Å². The van der Waals surface area contributed by atoms with Crippen molar-refractivity contribution >= 4 is 17.1 Å². The smallest absolute Gasteiger partial charge is 0.172 e. The van der Waals surface area contributed by atoms with Crippen LogP contribution in [0.15, 0.2) is 200 Å². The summed E-state index contributed by atoms with van der Waals surface area (Å²) < 4.78 is 12.8. The van der Waals surface area contributed by atoms with Crippen molar-refractivity contribution in [3.05, 3.63) is 222 Å². The summed E-state index contributed by atoms with van der Waals surface area (Å²) >= 11 is 0. The molecule has 10 rings (SSSR count). The van der Waals surface area contributed by atoms with Crippen LogP contribution in [0, 0.1) is 0 Å². The number of para-hydroxylation sites is 3. The number of anilines is 3. The van der Waals surface area contributed by atoms with Crippen molar-refractivity contribution in [1.82, 2.24) is 0 Å². The molecule has 8 aromatic carbocycles. The van der Waals surface area contributed by atoms with Crippen molar-refractivity contribution in [3.8, 4) is 45.3 Å². The number of nitrogens with zero attached hydrogens (tertiary/aromatic N) is 1. The van der Waals surface area contributed by atoms with Crippen molar-refractivity contribution in [2.24, 2.45) is 0 Å². The minimum Gasteiger partial charge on any atom is -0.450 e. The standard InChI is InChI=1S/C49H33NO2/c1-4-16-34(17-5-1)39-22-11-13-25-44(39)50(38-29-31-47-48(33-38)52-46-27-15-14-26-45(46)51-47)37-28-30-41-40-23-10-12-24-42(40)49(43(41)32-37,35-18-6-2-7-19-35)36-20-8-3-9-21-36/h1-33H. The van der Waals surface area contributed by atoms with E-state index in [-0.39, 0.29) is 0 Å². The molecule has 8 aromatic rings. The van der Waals surface area contributed by atoms with Gasteiger partial charge in [-0.3, -0.25) is 0 Å². The van der Waals surface area contributed by atoms with Crippen LogP contribution in [-0.2, 0) is 5.41 Å². The Morgan fingerprint density at radius 2 is 0.846 bits per heavy atom. The molecule has 0 fully saturated rings. The van der Waals surface area contributed by atoms with Gasteiger partial charge in [0.2, 0.25) is 0 Å². The first-order valence-electron chi connectivity index (χ1n) is 17.7. The molecule has 0 aromatic heterocycles. The van der Waals surface area contributed by atoms with E-state index in [1.54, 1.807) is 0 Å². The van der Waals surface area contributed by atoms with Crippen LogP contribution in [0.2, 0.25) is 0 Å². The van der Waals surface area contributed by atoms with E-state index in [2.05, 4.69) is 175 Å². The molecule has 0 spiro atoms. The molecule has 1 heterocycles. The molecule has 0 atom stereocenters. The second-order valence-electron chi connectivity index (χ2n) is 13.3. The third kappa shape index (κ3) is 4.67. The summed E-state index contributed by atoms with van der Waals surface area (Å²) in [6.45, 7) is 0. The van der Waals surface area contributed by atoms with E-state index in [0.717, 1.165) is 28.2 Å². The number of hydrogen-bond donors (Lipinski definition) is 0. The van der Waals surface area contributed by atoms with Crippen LogP contribution in [0.1, 0.15) is 22.3 Å². The number of ether oxygens (including phenoxy) is 2. The van der Waals surface area contributed by atoms with Gasteiger partial charge in [-0.2, -0.15) is 0 Å². The Kier molecular flexibility index (Phi) is 7.04. The van der Waals surface area contributed by atoms with Gasteiger partial charge in [0.25, 0.3) is 0 Å². The van der Waals surface area contributed by atoms with Crippen molar-refractivity contribution in [1.29, 1.82) is 0 Å². The van der Waals surface area contributed by atoms with E-state index < -0.39 is 5.41 Å². The number of benzene rings is 8. The lowest BCUT2D eigenvalue weighted by Gasteiger charge is -2.35. The van der Waals surface area contributed by atoms with Gasteiger partial charge in [0.05, 0.1) is 16.8 Å². The molecular formula is C49H33NO2. The van der Waals surface area contributed by atoms with Gasteiger partial charge in [0.15, 0.2) is 23.0 Å². The van der Waals surface area contributed by atoms with E-state index in [0.29, 0.717) is 23.0 Å². The first kappa shape index (κ1) is 30.0. The van der Waals surface area contributed by atoms with Gasteiger partial charge in [0, 0.05) is 17.3 Å². The van der Waals surface area contributed by atoms with Crippen LogP contribution < -0.4 is 14.4 Å². The van der Waals surface area contributed by atoms with Crippen LogP contribution in [0.4, 0.5) is 17.1 Å². The molecule has 3 nitrogen and oxygen atoms in total. The maximum absolute atomic E-state index is 6.47. The molecule has 0 bridgehead atoms. The molecule has 0 unspecified atom stereocenters. The number of rotatable bonds is 6. The third-order valence-corrected chi connectivity index (χ3v) is 10.4. The van der Waals surface area contributed by atoms with Gasteiger partial charge in [0.1, 0.15) is 0 Å². The summed E-state index contributed by atoms with van der Waals surface area (Å²) in [5.74, 6) is 2.78. The normalized spacial score (nSPS) is 13.1. The average molecular weight is 668 g/mol. The zero-order chi connectivity index (χ0) is 34.5. The van der Waals surface area contributed by atoms with Gasteiger partial charge in [-0.05, 0) is 81.4 Å². The van der Waals surface area contributed by atoms with Crippen molar-refractivity contribution in [2.75, 3.05) is 4.90 Å². The summed E-state index contributed by atoms with van der Waals surface area (Å²) in [7, 11) is 0. The molecule has 52 heavy (non-hydrogen) atoms. The summed E-state index contributed by atoms with van der Waals surface area (Å²) in [6.07, 6.45) is 0. The van der Waals surface area contributed by atoms with Gasteiger partial charge in [-0.1, -0.05) is 152 Å². The molecule has 2 aliphatic rings. The molecule has 246 valence electrons. The summed E-state index contributed by atoms with van der Waals surface area (Å²) in [5.41, 5.74) is 12.3. The Bertz CT molecular complexity index is 2540. The van der Waals surface area contributed by atoms with Crippen LogP contribution in [0.25, 0.3) is 22.3 Å². The van der Waals surface area contributed by atoms with E-state index in [1.807, 2.05) is 30.3 Å². The van der Waals surface area contributed by atoms with Crippen LogP contribution in [-0.4, -0.2) is 0 Å². The van der Waals surface area contributed by atoms with Gasteiger partial charge in [-0.15, -0.1) is 0 Å². The summed E-state index contributed by atoms with van der Waals surface area (Å²) in [6, 6.07) is 71.0. The zero-order valence-electron chi connectivity index (χ0n) is 28.3. The molecular weight excluding hydrogens is 635 g/mol. The lowest BCUT2D eigenvalue weighted by molar-refractivity contribution is 0.360. The van der Waals surface area contributed by atoms with Crippen molar-refractivity contribution in [2.45, 2.75) is 5.41 Å². The first-order chi connectivity index (χ1) is 25.8. The van der Waals surface area contributed by atoms with E-state index >= 15 is 0 Å².